The highest BCUT2D eigenvalue weighted by Crippen LogP contribution is 2.10. The van der Waals surface area contributed by atoms with Crippen molar-refractivity contribution in [3.8, 4) is 0 Å². The van der Waals surface area contributed by atoms with Crippen LogP contribution >= 0.6 is 35.3 Å². The lowest BCUT2D eigenvalue weighted by molar-refractivity contribution is 0.789. The molecule has 0 aromatic carbocycles. The molecule has 0 saturated carbocycles. The fourth-order valence-corrected chi connectivity index (χ4v) is 2.46. The van der Waals surface area contributed by atoms with Crippen molar-refractivity contribution in [3.05, 3.63) is 45.7 Å². The first-order valence-electron chi connectivity index (χ1n) is 6.45. The number of nitrogens with zero attached hydrogens (tertiary/aromatic N) is 3. The number of hydrogen-bond donors (Lipinski definition) is 2. The summed E-state index contributed by atoms with van der Waals surface area (Å²) in [5, 5.41) is 7.54. The van der Waals surface area contributed by atoms with Crippen molar-refractivity contribution in [2.45, 2.75) is 26.9 Å². The summed E-state index contributed by atoms with van der Waals surface area (Å²) in [6, 6.07) is 5.99. The number of pyridine rings is 1. The van der Waals surface area contributed by atoms with Crippen LogP contribution in [-0.2, 0) is 13.1 Å². The smallest absolute Gasteiger partial charge is 0.191 e. The van der Waals surface area contributed by atoms with Gasteiger partial charge in [0.15, 0.2) is 5.96 Å². The Kier molecular flexibility index (Phi) is 7.58. The van der Waals surface area contributed by atoms with Crippen molar-refractivity contribution in [2.75, 3.05) is 7.05 Å². The summed E-state index contributed by atoms with van der Waals surface area (Å²) in [6.45, 7) is 5.37. The number of thiazole rings is 1. The van der Waals surface area contributed by atoms with Crippen LogP contribution in [0.5, 0.6) is 0 Å². The SMILES string of the molecule is CN=C(NCc1cccc(C)n1)NCc1ncc(C)s1.I. The summed E-state index contributed by atoms with van der Waals surface area (Å²) >= 11 is 1.69. The predicted molar refractivity (Wildman–Crippen MR) is 98.3 cm³/mol. The number of rotatable bonds is 4. The van der Waals surface area contributed by atoms with E-state index in [2.05, 4.69) is 32.5 Å². The number of guanidine groups is 1. The van der Waals surface area contributed by atoms with Crippen LogP contribution in [0.1, 0.15) is 21.3 Å². The van der Waals surface area contributed by atoms with Crippen molar-refractivity contribution >= 4 is 41.3 Å². The molecule has 2 N–H and O–H groups in total. The topological polar surface area (TPSA) is 62.2 Å². The molecule has 0 atom stereocenters. The normalized spacial score (nSPS) is 10.9. The number of aliphatic imine (C=N–C) groups is 1. The number of nitrogens with one attached hydrogen (secondary N) is 2. The van der Waals surface area contributed by atoms with E-state index in [4.69, 9.17) is 0 Å². The minimum atomic E-state index is 0. The molecule has 2 heterocycles. The molecule has 21 heavy (non-hydrogen) atoms. The highest BCUT2D eigenvalue weighted by molar-refractivity contribution is 14.0. The lowest BCUT2D eigenvalue weighted by Crippen LogP contribution is -2.36. The van der Waals surface area contributed by atoms with Gasteiger partial charge >= 0.3 is 0 Å². The van der Waals surface area contributed by atoms with Gasteiger partial charge in [-0.25, -0.2) is 4.98 Å². The number of aryl methyl sites for hydroxylation is 2. The van der Waals surface area contributed by atoms with Crippen LogP contribution in [-0.4, -0.2) is 23.0 Å². The third-order valence-corrected chi connectivity index (χ3v) is 3.60. The summed E-state index contributed by atoms with van der Waals surface area (Å²) < 4.78 is 0. The average Bonchev–Trinajstić information content (AvgIpc) is 2.85. The average molecular weight is 417 g/mol. The van der Waals surface area contributed by atoms with Gasteiger partial charge in [-0.1, -0.05) is 6.07 Å². The Morgan fingerprint density at radius 3 is 2.62 bits per heavy atom. The second-order valence-corrected chi connectivity index (χ2v) is 5.73. The molecule has 0 spiro atoms. The Bertz CT molecular complexity index is 597. The number of aromatic nitrogens is 2. The maximum Gasteiger partial charge on any atom is 0.191 e. The molecule has 0 radical (unpaired) electrons. The summed E-state index contributed by atoms with van der Waals surface area (Å²) in [7, 11) is 1.76. The maximum atomic E-state index is 4.45. The molecule has 2 rings (SSSR count). The van der Waals surface area contributed by atoms with Crippen LogP contribution in [0.25, 0.3) is 0 Å². The maximum absolute atomic E-state index is 4.45. The van der Waals surface area contributed by atoms with Crippen molar-refractivity contribution in [1.82, 2.24) is 20.6 Å². The van der Waals surface area contributed by atoms with Crippen LogP contribution in [0.3, 0.4) is 0 Å². The Morgan fingerprint density at radius 2 is 2.00 bits per heavy atom. The largest absolute Gasteiger partial charge is 0.351 e. The first-order chi connectivity index (χ1) is 9.67. The van der Waals surface area contributed by atoms with Gasteiger partial charge in [-0.2, -0.15) is 0 Å². The first-order valence-corrected chi connectivity index (χ1v) is 7.27. The fraction of sp³-hybridized carbons (Fsp3) is 0.357. The molecular formula is C14H20IN5S. The zero-order chi connectivity index (χ0) is 14.4. The molecule has 0 unspecified atom stereocenters. The van der Waals surface area contributed by atoms with E-state index in [1.165, 1.54) is 4.88 Å². The van der Waals surface area contributed by atoms with Gasteiger partial charge in [-0.05, 0) is 26.0 Å². The van der Waals surface area contributed by atoms with Crippen LogP contribution < -0.4 is 10.6 Å². The Balaban J connectivity index is 0.00000220. The molecule has 0 fully saturated rings. The minimum absolute atomic E-state index is 0. The molecule has 0 aliphatic carbocycles. The molecule has 2 aromatic rings. The van der Waals surface area contributed by atoms with Gasteiger partial charge in [-0.15, -0.1) is 35.3 Å². The van der Waals surface area contributed by atoms with Crippen LogP contribution in [0.2, 0.25) is 0 Å². The fourth-order valence-electron chi connectivity index (χ4n) is 1.74. The van der Waals surface area contributed by atoms with Crippen LogP contribution in [0.15, 0.2) is 29.4 Å². The van der Waals surface area contributed by atoms with Crippen LogP contribution in [0, 0.1) is 13.8 Å². The first kappa shape index (κ1) is 17.8. The van der Waals surface area contributed by atoms with Gasteiger partial charge in [0.1, 0.15) is 5.01 Å². The number of halogens is 1. The second-order valence-electron chi connectivity index (χ2n) is 4.41. The molecule has 0 bridgehead atoms. The molecule has 0 amide bonds. The van der Waals surface area contributed by atoms with Gasteiger partial charge < -0.3 is 10.6 Å². The molecule has 114 valence electrons. The second kappa shape index (κ2) is 8.93. The molecular weight excluding hydrogens is 397 g/mol. The lowest BCUT2D eigenvalue weighted by atomic mass is 10.3. The third-order valence-electron chi connectivity index (χ3n) is 2.68. The highest BCUT2D eigenvalue weighted by Gasteiger charge is 2.02. The summed E-state index contributed by atoms with van der Waals surface area (Å²) in [6.07, 6.45) is 1.88. The zero-order valence-electron chi connectivity index (χ0n) is 12.4. The van der Waals surface area contributed by atoms with Gasteiger partial charge in [0, 0.05) is 23.8 Å². The van der Waals surface area contributed by atoms with Crippen LogP contribution in [0.4, 0.5) is 0 Å². The molecule has 2 aromatic heterocycles. The van der Waals surface area contributed by atoms with Crippen molar-refractivity contribution < 1.29 is 0 Å². The molecule has 5 nitrogen and oxygen atoms in total. The van der Waals surface area contributed by atoms with Crippen molar-refractivity contribution in [1.29, 1.82) is 0 Å². The molecule has 0 aliphatic heterocycles. The Morgan fingerprint density at radius 1 is 1.24 bits per heavy atom. The quantitative estimate of drug-likeness (QED) is 0.456. The van der Waals surface area contributed by atoms with E-state index in [0.29, 0.717) is 13.1 Å². The highest BCUT2D eigenvalue weighted by atomic mass is 127. The summed E-state index contributed by atoms with van der Waals surface area (Å²) in [4.78, 5) is 14.2. The van der Waals surface area contributed by atoms with Gasteiger partial charge in [0.05, 0.1) is 18.8 Å². The minimum Gasteiger partial charge on any atom is -0.351 e. The van der Waals surface area contributed by atoms with E-state index in [1.54, 1.807) is 18.4 Å². The van der Waals surface area contributed by atoms with E-state index < -0.39 is 0 Å². The molecule has 0 saturated heterocycles. The van der Waals surface area contributed by atoms with Crippen molar-refractivity contribution in [3.63, 3.8) is 0 Å². The summed E-state index contributed by atoms with van der Waals surface area (Å²) in [5.41, 5.74) is 2.02. The lowest BCUT2D eigenvalue weighted by Gasteiger charge is -2.10. The van der Waals surface area contributed by atoms with E-state index in [1.807, 2.05) is 31.3 Å². The van der Waals surface area contributed by atoms with Gasteiger partial charge in [0.2, 0.25) is 0 Å². The monoisotopic (exact) mass is 417 g/mol. The Hall–Kier alpha value is -1.22. The third kappa shape index (κ3) is 5.96. The number of hydrogen-bond acceptors (Lipinski definition) is 4. The zero-order valence-corrected chi connectivity index (χ0v) is 15.5. The van der Waals surface area contributed by atoms with E-state index in [0.717, 1.165) is 22.4 Å². The van der Waals surface area contributed by atoms with Gasteiger partial charge in [0.25, 0.3) is 0 Å². The summed E-state index contributed by atoms with van der Waals surface area (Å²) in [5.74, 6) is 0.751. The van der Waals surface area contributed by atoms with Crippen molar-refractivity contribution in [2.24, 2.45) is 4.99 Å². The van der Waals surface area contributed by atoms with E-state index in [9.17, 15) is 0 Å². The molecule has 7 heteroatoms. The molecule has 0 aliphatic rings. The predicted octanol–water partition coefficient (Wildman–Crippen LogP) is 2.64. The van der Waals surface area contributed by atoms with Gasteiger partial charge in [-0.3, -0.25) is 9.98 Å². The van der Waals surface area contributed by atoms with E-state index in [-0.39, 0.29) is 24.0 Å². The Labute approximate surface area is 146 Å². The standard InChI is InChI=1S/C14H19N5S.HI/c1-10-5-4-6-12(19-10)8-17-14(15-3)18-9-13-16-7-11(2)20-13;/h4-7H,8-9H2,1-3H3,(H2,15,17,18);1H. The van der Waals surface area contributed by atoms with E-state index >= 15 is 0 Å².